The number of hydrogen-bond donors (Lipinski definition) is 0. The molecule has 4 aliphatic rings. The molecule has 0 bridgehead atoms. The maximum absolute atomic E-state index is 12.4. The Kier molecular flexibility index (Phi) is 6.66. The highest BCUT2D eigenvalue weighted by atomic mass is 32.2. The van der Waals surface area contributed by atoms with Crippen LogP contribution in [-0.2, 0) is 14.3 Å². The lowest BCUT2D eigenvalue weighted by Gasteiger charge is -2.61. The van der Waals surface area contributed by atoms with Crippen molar-refractivity contribution in [3.63, 3.8) is 0 Å². The smallest absolute Gasteiger partial charge is 0.220 e. The van der Waals surface area contributed by atoms with Gasteiger partial charge in [0.1, 0.15) is 11.9 Å². The molecule has 3 unspecified atom stereocenters. The molecule has 0 aromatic carbocycles. The van der Waals surface area contributed by atoms with Crippen molar-refractivity contribution in [2.24, 2.45) is 40.4 Å². The Morgan fingerprint density at radius 3 is 2.47 bits per heavy atom. The quantitative estimate of drug-likeness (QED) is 0.469. The Balaban J connectivity index is 1.58. The molecule has 0 saturated heterocycles. The fourth-order valence-electron chi connectivity index (χ4n) is 8.58. The molecule has 0 heterocycles. The minimum absolute atomic E-state index is 0.0757. The van der Waals surface area contributed by atoms with Gasteiger partial charge in [-0.05, 0) is 118 Å². The van der Waals surface area contributed by atoms with Crippen LogP contribution >= 0.6 is 24.0 Å². The van der Waals surface area contributed by atoms with Gasteiger partial charge in [-0.15, -0.1) is 0 Å². The first-order chi connectivity index (χ1) is 14.2. The van der Waals surface area contributed by atoms with Crippen LogP contribution in [-0.4, -0.2) is 35.2 Å². The summed E-state index contributed by atoms with van der Waals surface area (Å²) < 4.78 is 13.1. The third-order valence-corrected chi connectivity index (χ3v) is 10.9. The van der Waals surface area contributed by atoms with Crippen LogP contribution in [0.2, 0.25) is 0 Å². The van der Waals surface area contributed by atoms with Gasteiger partial charge < -0.3 is 9.47 Å². The monoisotopic (exact) mass is 452 g/mol. The zero-order valence-corrected chi connectivity index (χ0v) is 21.1. The molecule has 0 aromatic rings. The van der Waals surface area contributed by atoms with Crippen LogP contribution in [0.5, 0.6) is 0 Å². The van der Waals surface area contributed by atoms with E-state index in [1.807, 2.05) is 13.2 Å². The maximum atomic E-state index is 12.4. The lowest BCUT2D eigenvalue weighted by molar-refractivity contribution is -0.166. The van der Waals surface area contributed by atoms with Crippen LogP contribution in [0.3, 0.4) is 0 Å². The number of ketones is 1. The van der Waals surface area contributed by atoms with Crippen LogP contribution in [0, 0.1) is 40.4 Å². The minimum Gasteiger partial charge on any atom is -0.472 e. The van der Waals surface area contributed by atoms with Crippen molar-refractivity contribution in [1.29, 1.82) is 0 Å². The summed E-state index contributed by atoms with van der Waals surface area (Å²) in [5.74, 6) is 3.67. The Morgan fingerprint density at radius 1 is 1.07 bits per heavy atom. The van der Waals surface area contributed by atoms with Gasteiger partial charge >= 0.3 is 0 Å². The molecule has 0 N–H and O–H groups in total. The largest absolute Gasteiger partial charge is 0.472 e. The molecule has 0 amide bonds. The maximum Gasteiger partial charge on any atom is 0.220 e. The number of rotatable bonds is 4. The van der Waals surface area contributed by atoms with Crippen LogP contribution in [0.25, 0.3) is 0 Å². The zero-order chi connectivity index (χ0) is 21.7. The van der Waals surface area contributed by atoms with E-state index >= 15 is 0 Å². The van der Waals surface area contributed by atoms with Crippen molar-refractivity contribution in [1.82, 2.24) is 0 Å². The van der Waals surface area contributed by atoms with Crippen LogP contribution in [0.15, 0.2) is 0 Å². The molecule has 4 aliphatic carbocycles. The Labute approximate surface area is 192 Å². The van der Waals surface area contributed by atoms with Crippen molar-refractivity contribution in [3.05, 3.63) is 0 Å². The van der Waals surface area contributed by atoms with Gasteiger partial charge in [0.15, 0.2) is 0 Å². The average molecular weight is 453 g/mol. The van der Waals surface area contributed by atoms with E-state index in [2.05, 4.69) is 20.8 Å². The number of thioether (sulfide) groups is 1. The van der Waals surface area contributed by atoms with Crippen molar-refractivity contribution in [2.75, 3.05) is 12.9 Å². The molecule has 9 atom stereocenters. The number of hydrogen-bond acceptors (Lipinski definition) is 5. The first kappa shape index (κ1) is 23.0. The Hall–Kier alpha value is -0.130. The number of carbonyl (C=O) groups excluding carboxylic acids is 1. The summed E-state index contributed by atoms with van der Waals surface area (Å²) in [4.78, 5) is 12.4. The van der Waals surface area contributed by atoms with Gasteiger partial charge in [-0.1, -0.05) is 25.6 Å². The summed E-state index contributed by atoms with van der Waals surface area (Å²) in [5.41, 5.74) is 0.528. The number of fused-ring (bicyclic) bond motifs is 5. The fraction of sp³-hybridized carbons (Fsp3) is 0.920. The highest BCUT2D eigenvalue weighted by Gasteiger charge is 2.62. The zero-order valence-electron chi connectivity index (χ0n) is 19.4. The van der Waals surface area contributed by atoms with Crippen LogP contribution < -0.4 is 0 Å². The topological polar surface area (TPSA) is 35.5 Å². The second kappa shape index (κ2) is 8.67. The van der Waals surface area contributed by atoms with E-state index < -0.39 is 0 Å². The van der Waals surface area contributed by atoms with E-state index in [-0.39, 0.29) is 23.5 Å². The van der Waals surface area contributed by atoms with Crippen molar-refractivity contribution in [3.8, 4) is 0 Å². The van der Waals surface area contributed by atoms with Crippen LogP contribution in [0.4, 0.5) is 0 Å². The summed E-state index contributed by atoms with van der Waals surface area (Å²) >= 11 is 6.96. The lowest BCUT2D eigenvalue weighted by atomic mass is 9.44. The fourth-order valence-corrected chi connectivity index (χ4v) is 8.93. The molecule has 4 fully saturated rings. The van der Waals surface area contributed by atoms with Crippen molar-refractivity contribution in [2.45, 2.75) is 91.3 Å². The minimum atomic E-state index is 0.0757. The predicted molar refractivity (Wildman–Crippen MR) is 128 cm³/mol. The molecule has 4 saturated carbocycles. The normalized spacial score (nSPS) is 47.7. The van der Waals surface area contributed by atoms with Crippen molar-refractivity contribution >= 4 is 34.1 Å². The molecule has 0 aliphatic heterocycles. The first-order valence-electron chi connectivity index (χ1n) is 12.1. The summed E-state index contributed by atoms with van der Waals surface area (Å²) in [6.07, 6.45) is 11.9. The summed E-state index contributed by atoms with van der Waals surface area (Å²) in [7, 11) is 0. The molecule has 5 heteroatoms. The molecule has 0 aromatic heterocycles. The highest BCUT2D eigenvalue weighted by molar-refractivity contribution is 8.22. The van der Waals surface area contributed by atoms with Gasteiger partial charge in [0.2, 0.25) is 4.38 Å². The van der Waals surface area contributed by atoms with E-state index in [1.165, 1.54) is 43.9 Å². The molecule has 3 nitrogen and oxygen atoms in total. The lowest BCUT2D eigenvalue weighted by Crippen LogP contribution is -2.57. The van der Waals surface area contributed by atoms with E-state index in [4.69, 9.17) is 21.7 Å². The van der Waals surface area contributed by atoms with Gasteiger partial charge in [0, 0.05) is 12.5 Å². The van der Waals surface area contributed by atoms with Crippen LogP contribution in [0.1, 0.15) is 79.1 Å². The Morgan fingerprint density at radius 2 is 1.80 bits per heavy atom. The average Bonchev–Trinajstić information content (AvgIpc) is 3.06. The van der Waals surface area contributed by atoms with E-state index in [1.54, 1.807) is 0 Å². The van der Waals surface area contributed by atoms with Gasteiger partial charge in [-0.25, -0.2) is 0 Å². The third kappa shape index (κ3) is 3.69. The van der Waals surface area contributed by atoms with Gasteiger partial charge in [0.05, 0.1) is 6.10 Å². The summed E-state index contributed by atoms with van der Waals surface area (Å²) in [6.45, 7) is 9.64. The van der Waals surface area contributed by atoms with Gasteiger partial charge in [-0.2, -0.15) is 0 Å². The molecule has 4 rings (SSSR count). The molecular weight excluding hydrogens is 412 g/mol. The molecular formula is C25H40O3S2. The van der Waals surface area contributed by atoms with E-state index in [9.17, 15) is 4.79 Å². The van der Waals surface area contributed by atoms with E-state index in [0.717, 1.165) is 43.6 Å². The summed E-state index contributed by atoms with van der Waals surface area (Å²) in [5, 5.41) is 0. The second-order valence-electron chi connectivity index (χ2n) is 11.0. The Bertz CT molecular complexity index is 681. The van der Waals surface area contributed by atoms with Crippen molar-refractivity contribution < 1.29 is 14.3 Å². The van der Waals surface area contributed by atoms with E-state index in [0.29, 0.717) is 21.5 Å². The predicted octanol–water partition coefficient (Wildman–Crippen LogP) is 6.28. The summed E-state index contributed by atoms with van der Waals surface area (Å²) in [6, 6.07) is 0. The standard InChI is InChI=1S/C25H40O3S2/c1-6-27-21-13-16-7-8-17-19-10-9-18(15(2)26)24(19,3)12-11-20(17)25(16,4)14-22(21)28-23(29)30-5/h16-22H,6-14H2,1-5H3/t16?,17-,18+,19?,20?,21-,22-,24+,25-/m0/s1. The number of thiocarbonyl (C=S) groups is 1. The number of Topliss-reactive ketones (excluding diaryl/α,β-unsaturated/α-hetero) is 1. The molecule has 0 radical (unpaired) electrons. The number of carbonyl (C=O) groups is 1. The second-order valence-corrected chi connectivity index (χ2v) is 12.4. The van der Waals surface area contributed by atoms with Gasteiger partial charge in [0.25, 0.3) is 0 Å². The van der Waals surface area contributed by atoms with Gasteiger partial charge in [-0.3, -0.25) is 4.79 Å². The highest BCUT2D eigenvalue weighted by Crippen LogP contribution is 2.67. The first-order valence-corrected chi connectivity index (χ1v) is 13.7. The number of ether oxygens (including phenoxy) is 2. The molecule has 0 spiro atoms. The molecule has 30 heavy (non-hydrogen) atoms. The third-order valence-electron chi connectivity index (χ3n) is 9.92. The molecule has 170 valence electrons. The SMILES string of the molecule is CCO[C@H]1CC2CC[C@@H]3C(CC[C@@]4(C)C3CC[C@@H]4C(C)=O)[C@@]2(C)C[C@@H]1OC(=S)SC.